The van der Waals surface area contributed by atoms with E-state index in [1.54, 1.807) is 11.3 Å². The molecule has 1 fully saturated rings. The van der Waals surface area contributed by atoms with Gasteiger partial charge in [0.2, 0.25) is 0 Å². The molecule has 1 aliphatic heterocycles. The number of rotatable bonds is 1. The zero-order chi connectivity index (χ0) is 11.0. The van der Waals surface area contributed by atoms with E-state index >= 15 is 0 Å². The van der Waals surface area contributed by atoms with E-state index in [4.69, 9.17) is 4.98 Å². The van der Waals surface area contributed by atoms with Gasteiger partial charge in [0.1, 0.15) is 10.3 Å². The van der Waals surface area contributed by atoms with Gasteiger partial charge in [-0.05, 0) is 38.4 Å². The quantitative estimate of drug-likeness (QED) is 0.822. The minimum atomic E-state index is 0.610. The number of hydrogen-bond acceptors (Lipinski definition) is 4. The van der Waals surface area contributed by atoms with Crippen LogP contribution in [0.5, 0.6) is 0 Å². The normalized spacial score (nSPS) is 26.1. The highest BCUT2D eigenvalue weighted by molar-refractivity contribution is 7.18. The number of piperidine rings is 1. The summed E-state index contributed by atoms with van der Waals surface area (Å²) in [6, 6.07) is 4.61. The van der Waals surface area contributed by atoms with Gasteiger partial charge < -0.3 is 5.32 Å². The van der Waals surface area contributed by atoms with Crippen molar-refractivity contribution < 1.29 is 0 Å². The lowest BCUT2D eigenvalue weighted by molar-refractivity contribution is 0.381. The Bertz CT molecular complexity index is 461. The third kappa shape index (κ3) is 1.83. The number of nitrogens with one attached hydrogen (secondary N) is 1. The van der Waals surface area contributed by atoms with Crippen LogP contribution < -0.4 is 5.32 Å². The van der Waals surface area contributed by atoms with Crippen molar-refractivity contribution in [2.24, 2.45) is 0 Å². The fourth-order valence-electron chi connectivity index (χ4n) is 2.32. The molecule has 3 rings (SSSR count). The molecule has 3 heterocycles. The van der Waals surface area contributed by atoms with Crippen LogP contribution in [-0.4, -0.2) is 22.6 Å². The summed E-state index contributed by atoms with van der Waals surface area (Å²) in [4.78, 5) is 10.1. The summed E-state index contributed by atoms with van der Waals surface area (Å²) >= 11 is 1.76. The minimum Gasteiger partial charge on any atom is -0.314 e. The summed E-state index contributed by atoms with van der Waals surface area (Å²) in [6.45, 7) is 3.35. The molecule has 0 amide bonds. The number of aromatic nitrogens is 2. The number of fused-ring (bicyclic) bond motifs is 1. The van der Waals surface area contributed by atoms with Crippen molar-refractivity contribution in [2.75, 3.05) is 6.54 Å². The first-order valence-electron chi connectivity index (χ1n) is 5.78. The number of hydrogen-bond donors (Lipinski definition) is 1. The predicted octanol–water partition coefficient (Wildman–Crippen LogP) is 2.55. The highest BCUT2D eigenvalue weighted by Crippen LogP contribution is 2.32. The Balaban J connectivity index is 1.93. The van der Waals surface area contributed by atoms with Crippen molar-refractivity contribution in [3.63, 3.8) is 0 Å². The van der Waals surface area contributed by atoms with Gasteiger partial charge >= 0.3 is 0 Å². The predicted molar refractivity (Wildman–Crippen MR) is 66.9 cm³/mol. The Morgan fingerprint density at radius 2 is 2.44 bits per heavy atom. The average Bonchev–Trinajstić information content (AvgIpc) is 2.72. The summed E-state index contributed by atoms with van der Waals surface area (Å²) < 4.78 is 0. The van der Waals surface area contributed by atoms with Gasteiger partial charge in [-0.25, -0.2) is 9.97 Å². The maximum atomic E-state index is 4.70. The van der Waals surface area contributed by atoms with E-state index < -0.39 is 0 Å². The maximum Gasteiger partial charge on any atom is 0.143 e. The highest BCUT2D eigenvalue weighted by atomic mass is 32.1. The summed E-state index contributed by atoms with van der Waals surface area (Å²) in [5.41, 5.74) is 1.05. The van der Waals surface area contributed by atoms with Gasteiger partial charge in [0.15, 0.2) is 0 Å². The minimum absolute atomic E-state index is 0.610. The molecule has 0 aliphatic carbocycles. The lowest BCUT2D eigenvalue weighted by atomic mass is 9.94. The molecule has 0 aromatic carbocycles. The zero-order valence-electron chi connectivity index (χ0n) is 9.31. The molecule has 1 saturated heterocycles. The number of pyridine rings is 1. The van der Waals surface area contributed by atoms with Crippen molar-refractivity contribution >= 4 is 21.7 Å². The fourth-order valence-corrected chi connectivity index (χ4v) is 3.37. The molecule has 1 N–H and O–H groups in total. The monoisotopic (exact) mass is 233 g/mol. The Labute approximate surface area is 98.9 Å². The standard InChI is InChI=1S/C12H15N3S/c1-8-7-9(4-6-13-8)11-15-10-3-2-5-14-12(10)16-11/h2-3,5,8-9,13H,4,6-7H2,1H3. The Morgan fingerprint density at radius 3 is 3.25 bits per heavy atom. The smallest absolute Gasteiger partial charge is 0.143 e. The van der Waals surface area contributed by atoms with Crippen LogP contribution in [0.25, 0.3) is 10.3 Å². The molecule has 0 saturated carbocycles. The van der Waals surface area contributed by atoms with Gasteiger partial charge in [-0.2, -0.15) is 0 Å². The Kier molecular flexibility index (Phi) is 2.61. The molecule has 1 aliphatic rings. The summed E-state index contributed by atoms with van der Waals surface area (Å²) in [5, 5.41) is 4.74. The van der Waals surface area contributed by atoms with Gasteiger partial charge in [-0.1, -0.05) is 11.3 Å². The molecule has 2 aromatic rings. The van der Waals surface area contributed by atoms with Gasteiger partial charge in [-0.15, -0.1) is 0 Å². The number of thiazole rings is 1. The Morgan fingerprint density at radius 1 is 1.50 bits per heavy atom. The van der Waals surface area contributed by atoms with Crippen LogP contribution in [-0.2, 0) is 0 Å². The van der Waals surface area contributed by atoms with Crippen LogP contribution in [0.2, 0.25) is 0 Å². The van der Waals surface area contributed by atoms with E-state index in [1.165, 1.54) is 17.8 Å². The van der Waals surface area contributed by atoms with Gasteiger partial charge in [0.25, 0.3) is 0 Å². The highest BCUT2D eigenvalue weighted by Gasteiger charge is 2.22. The van der Waals surface area contributed by atoms with Crippen molar-refractivity contribution in [2.45, 2.75) is 31.7 Å². The van der Waals surface area contributed by atoms with E-state index in [-0.39, 0.29) is 0 Å². The lowest BCUT2D eigenvalue weighted by Gasteiger charge is -2.26. The molecule has 2 unspecified atom stereocenters. The van der Waals surface area contributed by atoms with Gasteiger partial charge in [-0.3, -0.25) is 0 Å². The first kappa shape index (κ1) is 10.2. The van der Waals surface area contributed by atoms with E-state index in [0.29, 0.717) is 12.0 Å². The topological polar surface area (TPSA) is 37.8 Å². The molecule has 84 valence electrons. The van der Waals surface area contributed by atoms with Crippen molar-refractivity contribution in [1.82, 2.24) is 15.3 Å². The lowest BCUT2D eigenvalue weighted by Crippen LogP contribution is -2.34. The summed E-state index contributed by atoms with van der Waals surface area (Å²) in [7, 11) is 0. The van der Waals surface area contributed by atoms with Crippen LogP contribution in [0.1, 0.15) is 30.7 Å². The SMILES string of the molecule is CC1CC(c2nc3cccnc3s2)CCN1. The Hall–Kier alpha value is -1.00. The second-order valence-electron chi connectivity index (χ2n) is 4.46. The van der Waals surface area contributed by atoms with Crippen molar-refractivity contribution in [3.05, 3.63) is 23.3 Å². The molecule has 0 radical (unpaired) electrons. The van der Waals surface area contributed by atoms with Crippen LogP contribution in [0.15, 0.2) is 18.3 Å². The molecule has 2 aromatic heterocycles. The largest absolute Gasteiger partial charge is 0.314 e. The molecule has 2 atom stereocenters. The molecule has 0 bridgehead atoms. The maximum absolute atomic E-state index is 4.70. The van der Waals surface area contributed by atoms with Crippen LogP contribution >= 0.6 is 11.3 Å². The molecule has 0 spiro atoms. The molecule has 4 heteroatoms. The molecular weight excluding hydrogens is 218 g/mol. The number of nitrogens with zero attached hydrogens (tertiary/aromatic N) is 2. The second-order valence-corrected chi connectivity index (χ2v) is 5.47. The molecule has 16 heavy (non-hydrogen) atoms. The van der Waals surface area contributed by atoms with E-state index in [0.717, 1.165) is 16.9 Å². The van der Waals surface area contributed by atoms with Gasteiger partial charge in [0.05, 0.1) is 5.01 Å². The van der Waals surface area contributed by atoms with E-state index in [9.17, 15) is 0 Å². The van der Waals surface area contributed by atoms with Crippen molar-refractivity contribution in [1.29, 1.82) is 0 Å². The van der Waals surface area contributed by atoms with Crippen molar-refractivity contribution in [3.8, 4) is 0 Å². The van der Waals surface area contributed by atoms with E-state index in [1.807, 2.05) is 18.3 Å². The third-order valence-corrected chi connectivity index (χ3v) is 4.30. The first-order valence-corrected chi connectivity index (χ1v) is 6.59. The average molecular weight is 233 g/mol. The molecule has 3 nitrogen and oxygen atoms in total. The molecular formula is C12H15N3S. The third-order valence-electron chi connectivity index (χ3n) is 3.16. The summed E-state index contributed by atoms with van der Waals surface area (Å²) in [6.07, 6.45) is 4.24. The van der Waals surface area contributed by atoms with Gasteiger partial charge in [0, 0.05) is 18.2 Å². The van der Waals surface area contributed by atoms with E-state index in [2.05, 4.69) is 17.2 Å². The van der Waals surface area contributed by atoms with Crippen LogP contribution in [0.3, 0.4) is 0 Å². The zero-order valence-corrected chi connectivity index (χ0v) is 10.1. The second kappa shape index (κ2) is 4.11. The van der Waals surface area contributed by atoms with Crippen LogP contribution in [0, 0.1) is 0 Å². The summed E-state index contributed by atoms with van der Waals surface area (Å²) in [5.74, 6) is 0.621. The fraction of sp³-hybridized carbons (Fsp3) is 0.500. The first-order chi connectivity index (χ1) is 7.83. The van der Waals surface area contributed by atoms with Crippen LogP contribution in [0.4, 0.5) is 0 Å².